The molecule has 98 valence electrons. The highest BCUT2D eigenvalue weighted by molar-refractivity contribution is 9.10. The maximum Gasteiger partial charge on any atom is 0.416 e. The van der Waals surface area contributed by atoms with Crippen LogP contribution in [0.3, 0.4) is 0 Å². The predicted octanol–water partition coefficient (Wildman–Crippen LogP) is 4.95. The van der Waals surface area contributed by atoms with E-state index in [0.717, 1.165) is 12.1 Å². The number of halogens is 4. The molecule has 0 atom stereocenters. The predicted molar refractivity (Wildman–Crippen MR) is 70.0 cm³/mol. The molecule has 0 heterocycles. The Morgan fingerprint density at radius 1 is 1.00 bits per heavy atom. The largest absolute Gasteiger partial charge is 0.416 e. The Balaban J connectivity index is 2.51. The summed E-state index contributed by atoms with van der Waals surface area (Å²) in [6, 6.07) is 9.83. The number of hydrogen-bond acceptors (Lipinski definition) is 1. The van der Waals surface area contributed by atoms with Gasteiger partial charge in [0.1, 0.15) is 6.29 Å². The highest BCUT2D eigenvalue weighted by Crippen LogP contribution is 2.35. The molecule has 1 nitrogen and oxygen atoms in total. The van der Waals surface area contributed by atoms with Crippen molar-refractivity contribution in [2.75, 3.05) is 0 Å². The van der Waals surface area contributed by atoms with Gasteiger partial charge >= 0.3 is 6.18 Å². The minimum atomic E-state index is -4.38. The Hall–Kier alpha value is -1.62. The molecule has 0 spiro atoms. The number of aldehydes is 1. The van der Waals surface area contributed by atoms with Crippen LogP contribution in [0.2, 0.25) is 0 Å². The first kappa shape index (κ1) is 13.8. The van der Waals surface area contributed by atoms with Gasteiger partial charge in [-0.25, -0.2) is 0 Å². The highest BCUT2D eigenvalue weighted by Gasteiger charge is 2.30. The molecule has 0 aliphatic carbocycles. The average Bonchev–Trinajstić information content (AvgIpc) is 2.38. The van der Waals surface area contributed by atoms with Crippen LogP contribution < -0.4 is 0 Å². The maximum absolute atomic E-state index is 12.7. The fourth-order valence-corrected chi connectivity index (χ4v) is 2.14. The van der Waals surface area contributed by atoms with Gasteiger partial charge in [-0.2, -0.15) is 13.2 Å². The monoisotopic (exact) mass is 328 g/mol. The van der Waals surface area contributed by atoms with Crippen molar-refractivity contribution in [3.05, 3.63) is 58.1 Å². The molecular formula is C14H8BrF3O. The van der Waals surface area contributed by atoms with Crippen LogP contribution in [-0.2, 0) is 6.18 Å². The van der Waals surface area contributed by atoms with Crippen molar-refractivity contribution >= 4 is 22.2 Å². The number of benzene rings is 2. The van der Waals surface area contributed by atoms with E-state index in [1.165, 1.54) is 6.07 Å². The minimum Gasteiger partial charge on any atom is -0.298 e. The van der Waals surface area contributed by atoms with E-state index in [1.54, 1.807) is 24.3 Å². The molecule has 5 heteroatoms. The van der Waals surface area contributed by atoms with E-state index in [0.29, 0.717) is 27.4 Å². The quantitative estimate of drug-likeness (QED) is 0.713. The second kappa shape index (κ2) is 5.17. The van der Waals surface area contributed by atoms with E-state index >= 15 is 0 Å². The first-order valence-corrected chi connectivity index (χ1v) is 6.13. The summed E-state index contributed by atoms with van der Waals surface area (Å²) < 4.78 is 38.6. The summed E-state index contributed by atoms with van der Waals surface area (Å²) in [5.41, 5.74) is 0.827. The molecule has 2 aromatic rings. The lowest BCUT2D eigenvalue weighted by Gasteiger charge is -2.11. The Morgan fingerprint density at radius 2 is 1.63 bits per heavy atom. The number of alkyl halides is 3. The molecule has 2 aromatic carbocycles. The van der Waals surface area contributed by atoms with Gasteiger partial charge in [-0.1, -0.05) is 40.2 Å². The smallest absolute Gasteiger partial charge is 0.298 e. The first-order valence-electron chi connectivity index (χ1n) is 5.34. The van der Waals surface area contributed by atoms with Crippen LogP contribution in [0.1, 0.15) is 15.9 Å². The van der Waals surface area contributed by atoms with Crippen molar-refractivity contribution in [3.8, 4) is 11.1 Å². The van der Waals surface area contributed by atoms with Gasteiger partial charge in [-0.05, 0) is 29.3 Å². The van der Waals surface area contributed by atoms with E-state index in [4.69, 9.17) is 0 Å². The number of hydrogen-bond donors (Lipinski definition) is 0. The molecule has 0 amide bonds. The highest BCUT2D eigenvalue weighted by atomic mass is 79.9. The molecule has 0 radical (unpaired) electrons. The zero-order valence-corrected chi connectivity index (χ0v) is 11.1. The zero-order chi connectivity index (χ0) is 14.0. The van der Waals surface area contributed by atoms with E-state index in [2.05, 4.69) is 15.9 Å². The first-order chi connectivity index (χ1) is 8.91. The van der Waals surface area contributed by atoms with Crippen molar-refractivity contribution in [2.45, 2.75) is 6.18 Å². The number of carbonyl (C=O) groups excluding carboxylic acids is 1. The third kappa shape index (κ3) is 3.04. The summed E-state index contributed by atoms with van der Waals surface area (Å²) in [6.07, 6.45) is -3.69. The standard InChI is InChI=1S/C14H8BrF3O/c15-13-6-5-11(14(16,17)18)7-12(13)10-3-1-9(8-19)2-4-10/h1-8H. The second-order valence-corrected chi connectivity index (χ2v) is 4.79. The summed E-state index contributed by atoms with van der Waals surface area (Å²) >= 11 is 3.23. The molecule has 0 N–H and O–H groups in total. The molecule has 0 saturated heterocycles. The van der Waals surface area contributed by atoms with Gasteiger partial charge in [0, 0.05) is 10.0 Å². The summed E-state index contributed by atoms with van der Waals surface area (Å²) in [7, 11) is 0. The van der Waals surface area contributed by atoms with Gasteiger partial charge in [0.15, 0.2) is 0 Å². The number of carbonyl (C=O) groups is 1. The summed E-state index contributed by atoms with van der Waals surface area (Å²) in [5, 5.41) is 0. The van der Waals surface area contributed by atoms with Crippen molar-refractivity contribution in [3.63, 3.8) is 0 Å². The molecule has 19 heavy (non-hydrogen) atoms. The topological polar surface area (TPSA) is 17.1 Å². The van der Waals surface area contributed by atoms with Crippen molar-refractivity contribution in [1.29, 1.82) is 0 Å². The normalized spacial score (nSPS) is 11.4. The van der Waals surface area contributed by atoms with Gasteiger partial charge in [-0.15, -0.1) is 0 Å². The molecule has 0 saturated carbocycles. The van der Waals surface area contributed by atoms with Crippen LogP contribution in [0.5, 0.6) is 0 Å². The SMILES string of the molecule is O=Cc1ccc(-c2cc(C(F)(F)F)ccc2Br)cc1. The lowest BCUT2D eigenvalue weighted by atomic mass is 10.0. The van der Waals surface area contributed by atoms with Crippen molar-refractivity contribution in [2.24, 2.45) is 0 Å². The number of rotatable bonds is 2. The molecule has 0 unspecified atom stereocenters. The minimum absolute atomic E-state index is 0.437. The van der Waals surface area contributed by atoms with Gasteiger partial charge < -0.3 is 0 Å². The van der Waals surface area contributed by atoms with Gasteiger partial charge in [0.25, 0.3) is 0 Å². The summed E-state index contributed by atoms with van der Waals surface area (Å²) in [6.45, 7) is 0. The summed E-state index contributed by atoms with van der Waals surface area (Å²) in [5.74, 6) is 0. The molecular weight excluding hydrogens is 321 g/mol. The summed E-state index contributed by atoms with van der Waals surface area (Å²) in [4.78, 5) is 10.5. The van der Waals surface area contributed by atoms with Crippen molar-refractivity contribution in [1.82, 2.24) is 0 Å². The van der Waals surface area contributed by atoms with E-state index in [1.807, 2.05) is 0 Å². The molecule has 2 rings (SSSR count). The Kier molecular flexibility index (Phi) is 3.75. The van der Waals surface area contributed by atoms with Crippen LogP contribution in [0.4, 0.5) is 13.2 Å². The van der Waals surface area contributed by atoms with Crippen LogP contribution in [0.25, 0.3) is 11.1 Å². The molecule has 0 aliphatic heterocycles. The van der Waals surface area contributed by atoms with E-state index in [-0.39, 0.29) is 0 Å². The molecule has 0 fully saturated rings. The Bertz CT molecular complexity index is 603. The fourth-order valence-electron chi connectivity index (χ4n) is 1.66. The zero-order valence-electron chi connectivity index (χ0n) is 9.54. The lowest BCUT2D eigenvalue weighted by Crippen LogP contribution is -2.04. The van der Waals surface area contributed by atoms with Gasteiger partial charge in [0.2, 0.25) is 0 Å². The average molecular weight is 329 g/mol. The fraction of sp³-hybridized carbons (Fsp3) is 0.0714. The van der Waals surface area contributed by atoms with Crippen LogP contribution in [0, 0.1) is 0 Å². The third-order valence-electron chi connectivity index (χ3n) is 2.65. The van der Waals surface area contributed by atoms with Gasteiger partial charge in [-0.3, -0.25) is 4.79 Å². The maximum atomic E-state index is 12.7. The van der Waals surface area contributed by atoms with E-state index < -0.39 is 11.7 Å². The van der Waals surface area contributed by atoms with Crippen molar-refractivity contribution < 1.29 is 18.0 Å². The second-order valence-electron chi connectivity index (χ2n) is 3.93. The van der Waals surface area contributed by atoms with Gasteiger partial charge in [0.05, 0.1) is 5.56 Å². The Morgan fingerprint density at radius 3 is 2.16 bits per heavy atom. The third-order valence-corrected chi connectivity index (χ3v) is 3.34. The lowest BCUT2D eigenvalue weighted by molar-refractivity contribution is -0.137. The molecule has 0 aromatic heterocycles. The Labute approximate surface area is 116 Å². The van der Waals surface area contributed by atoms with Crippen LogP contribution >= 0.6 is 15.9 Å². The van der Waals surface area contributed by atoms with Crippen LogP contribution in [0.15, 0.2) is 46.9 Å². The van der Waals surface area contributed by atoms with E-state index in [9.17, 15) is 18.0 Å². The van der Waals surface area contributed by atoms with Crippen LogP contribution in [-0.4, -0.2) is 6.29 Å². The molecule has 0 bridgehead atoms. The molecule has 0 aliphatic rings.